The Balaban J connectivity index is 1.39. The Morgan fingerprint density at radius 2 is 1.90 bits per heavy atom. The number of benzene rings is 3. The number of ether oxygens (including phenoxy) is 1. The van der Waals surface area contributed by atoms with E-state index in [0.29, 0.717) is 17.7 Å². The van der Waals surface area contributed by atoms with Crippen molar-refractivity contribution < 1.29 is 9.15 Å². The highest BCUT2D eigenvalue weighted by atomic mass is 16.5. The van der Waals surface area contributed by atoms with Gasteiger partial charge >= 0.3 is 5.76 Å². The van der Waals surface area contributed by atoms with Crippen LogP contribution in [0.1, 0.15) is 5.56 Å². The molecule has 0 saturated carbocycles. The van der Waals surface area contributed by atoms with E-state index in [-0.39, 0.29) is 0 Å². The summed E-state index contributed by atoms with van der Waals surface area (Å²) < 4.78 is 11.2. The molecule has 1 aliphatic heterocycles. The fourth-order valence-electron chi connectivity index (χ4n) is 3.89. The van der Waals surface area contributed by atoms with E-state index in [9.17, 15) is 4.79 Å². The number of rotatable bonds is 4. The molecule has 0 unspecified atom stereocenters. The van der Waals surface area contributed by atoms with Gasteiger partial charge in [0.1, 0.15) is 12.4 Å². The number of hydrogen-bond acceptors (Lipinski definition) is 5. The molecule has 0 bridgehead atoms. The summed E-state index contributed by atoms with van der Waals surface area (Å²) in [5, 5.41) is 2.42. The van der Waals surface area contributed by atoms with Crippen LogP contribution >= 0.6 is 0 Å². The van der Waals surface area contributed by atoms with E-state index in [2.05, 4.69) is 52.2 Å². The first kappa shape index (κ1) is 17.8. The molecule has 0 amide bonds. The molecule has 0 radical (unpaired) electrons. The van der Waals surface area contributed by atoms with Crippen molar-refractivity contribution in [3.05, 3.63) is 70.7 Å². The molecule has 4 aromatic rings. The molecule has 0 atom stereocenters. The number of nitrogens with zero attached hydrogens (tertiary/aromatic N) is 2. The van der Waals surface area contributed by atoms with Crippen LogP contribution in [-0.2, 0) is 6.61 Å². The smallest absolute Gasteiger partial charge is 0.417 e. The second-order valence-electron chi connectivity index (χ2n) is 7.58. The van der Waals surface area contributed by atoms with E-state index in [1.54, 1.807) is 0 Å². The zero-order chi connectivity index (χ0) is 19.8. The molecule has 1 fully saturated rings. The van der Waals surface area contributed by atoms with Gasteiger partial charge in [0.15, 0.2) is 5.58 Å². The van der Waals surface area contributed by atoms with Crippen molar-refractivity contribution in [2.24, 2.45) is 0 Å². The zero-order valence-corrected chi connectivity index (χ0v) is 16.4. The van der Waals surface area contributed by atoms with E-state index in [1.807, 2.05) is 24.3 Å². The van der Waals surface area contributed by atoms with Gasteiger partial charge in [-0.1, -0.05) is 24.3 Å². The summed E-state index contributed by atoms with van der Waals surface area (Å²) >= 11 is 0. The molecule has 5 rings (SSSR count). The highest BCUT2D eigenvalue weighted by Crippen LogP contribution is 2.31. The van der Waals surface area contributed by atoms with Crippen molar-refractivity contribution in [2.45, 2.75) is 6.61 Å². The Hall–Kier alpha value is -3.25. The number of H-pyrrole nitrogens is 1. The number of fused-ring (bicyclic) bond motifs is 2. The van der Waals surface area contributed by atoms with Gasteiger partial charge in [0.25, 0.3) is 0 Å². The third-order valence-electron chi connectivity index (χ3n) is 5.57. The Bertz CT molecular complexity index is 1220. The number of likely N-dealkylation sites (N-methyl/N-ethyl adjacent to an activating group) is 1. The van der Waals surface area contributed by atoms with E-state index in [1.165, 1.54) is 16.5 Å². The molecule has 0 aliphatic carbocycles. The molecule has 3 aromatic carbocycles. The van der Waals surface area contributed by atoms with Gasteiger partial charge in [-0.3, -0.25) is 4.98 Å². The lowest BCUT2D eigenvalue weighted by Crippen LogP contribution is -2.44. The molecule has 6 heteroatoms. The topological polar surface area (TPSA) is 61.7 Å². The predicted molar refractivity (Wildman–Crippen MR) is 115 cm³/mol. The van der Waals surface area contributed by atoms with Gasteiger partial charge in [-0.05, 0) is 48.3 Å². The minimum Gasteiger partial charge on any atom is -0.489 e. The van der Waals surface area contributed by atoms with E-state index in [0.717, 1.165) is 37.5 Å². The second-order valence-corrected chi connectivity index (χ2v) is 7.58. The minimum atomic E-state index is -0.441. The van der Waals surface area contributed by atoms with Crippen molar-refractivity contribution in [3.8, 4) is 5.75 Å². The van der Waals surface area contributed by atoms with Crippen LogP contribution in [-0.4, -0.2) is 43.1 Å². The third-order valence-corrected chi connectivity index (χ3v) is 5.57. The Morgan fingerprint density at radius 3 is 2.76 bits per heavy atom. The number of piperazine rings is 1. The number of hydrogen-bond donors (Lipinski definition) is 1. The first-order chi connectivity index (χ1) is 14.2. The maximum atomic E-state index is 11.3. The largest absolute Gasteiger partial charge is 0.489 e. The quantitative estimate of drug-likeness (QED) is 0.578. The van der Waals surface area contributed by atoms with Crippen molar-refractivity contribution in [1.82, 2.24) is 9.88 Å². The molecule has 1 saturated heterocycles. The van der Waals surface area contributed by atoms with Gasteiger partial charge in [-0.25, -0.2) is 4.79 Å². The molecule has 1 aromatic heterocycles. The van der Waals surface area contributed by atoms with Crippen LogP contribution in [0.2, 0.25) is 0 Å². The van der Waals surface area contributed by atoms with Crippen molar-refractivity contribution in [3.63, 3.8) is 0 Å². The number of aromatic amines is 1. The van der Waals surface area contributed by atoms with Gasteiger partial charge in [0.2, 0.25) is 0 Å². The van der Waals surface area contributed by atoms with Crippen LogP contribution in [0, 0.1) is 0 Å². The summed E-state index contributed by atoms with van der Waals surface area (Å²) in [5.74, 6) is 0.388. The molecule has 29 heavy (non-hydrogen) atoms. The van der Waals surface area contributed by atoms with Crippen LogP contribution in [0.25, 0.3) is 21.9 Å². The van der Waals surface area contributed by atoms with Gasteiger partial charge in [-0.2, -0.15) is 0 Å². The lowest BCUT2D eigenvalue weighted by Gasteiger charge is -2.34. The Kier molecular flexibility index (Phi) is 4.48. The Labute approximate surface area is 168 Å². The first-order valence-corrected chi connectivity index (χ1v) is 9.86. The molecule has 1 N–H and O–H groups in total. The molecule has 148 valence electrons. The van der Waals surface area contributed by atoms with E-state index in [4.69, 9.17) is 9.15 Å². The first-order valence-electron chi connectivity index (χ1n) is 9.86. The van der Waals surface area contributed by atoms with Gasteiger partial charge in [-0.15, -0.1) is 0 Å². The van der Waals surface area contributed by atoms with E-state index < -0.39 is 5.76 Å². The monoisotopic (exact) mass is 389 g/mol. The third kappa shape index (κ3) is 3.59. The number of oxazole rings is 1. The maximum Gasteiger partial charge on any atom is 0.417 e. The summed E-state index contributed by atoms with van der Waals surface area (Å²) in [6.45, 7) is 4.62. The number of nitrogens with one attached hydrogen (secondary N) is 1. The van der Waals surface area contributed by atoms with E-state index >= 15 is 0 Å². The number of anilines is 1. The summed E-state index contributed by atoms with van der Waals surface area (Å²) in [6, 6.07) is 18.3. The standard InChI is InChI=1S/C23H23N3O3/c1-25-9-11-26(12-10-25)21-4-2-3-17-6-7-18(14-19(17)21)28-15-16-5-8-20-22(13-16)29-23(27)24-20/h2-8,13-14H,9-12,15H2,1H3,(H,24,27). The lowest BCUT2D eigenvalue weighted by atomic mass is 10.1. The lowest BCUT2D eigenvalue weighted by molar-refractivity contribution is 0.306. The fourth-order valence-corrected chi connectivity index (χ4v) is 3.89. The van der Waals surface area contributed by atoms with Crippen molar-refractivity contribution >= 4 is 27.6 Å². The van der Waals surface area contributed by atoms with Crippen LogP contribution in [0.3, 0.4) is 0 Å². The van der Waals surface area contributed by atoms with Gasteiger partial charge in [0.05, 0.1) is 5.52 Å². The van der Waals surface area contributed by atoms with Crippen LogP contribution < -0.4 is 15.4 Å². The molecule has 6 nitrogen and oxygen atoms in total. The van der Waals surface area contributed by atoms with Gasteiger partial charge < -0.3 is 19.0 Å². The average Bonchev–Trinajstić information content (AvgIpc) is 3.11. The highest BCUT2D eigenvalue weighted by molar-refractivity contribution is 5.95. The molecular weight excluding hydrogens is 366 g/mol. The number of aromatic nitrogens is 1. The highest BCUT2D eigenvalue weighted by Gasteiger charge is 2.16. The fraction of sp³-hybridized carbons (Fsp3) is 0.261. The minimum absolute atomic E-state index is 0.410. The zero-order valence-electron chi connectivity index (χ0n) is 16.4. The van der Waals surface area contributed by atoms with Crippen LogP contribution in [0.15, 0.2) is 63.8 Å². The SMILES string of the molecule is CN1CCN(c2cccc3ccc(OCc4ccc5[nH]c(=O)oc5c4)cc23)CC1. The molecular formula is C23H23N3O3. The average molecular weight is 389 g/mol. The summed E-state index contributed by atoms with van der Waals surface area (Å²) in [4.78, 5) is 18.8. The normalized spacial score (nSPS) is 15.3. The molecule has 1 aliphatic rings. The predicted octanol–water partition coefficient (Wildman–Crippen LogP) is 3.61. The second kappa shape index (κ2) is 7.29. The summed E-state index contributed by atoms with van der Waals surface area (Å²) in [7, 11) is 2.17. The van der Waals surface area contributed by atoms with Crippen LogP contribution in [0.4, 0.5) is 5.69 Å². The van der Waals surface area contributed by atoms with Crippen LogP contribution in [0.5, 0.6) is 5.75 Å². The summed E-state index contributed by atoms with van der Waals surface area (Å²) in [6.07, 6.45) is 0. The Morgan fingerprint density at radius 1 is 1.03 bits per heavy atom. The maximum absolute atomic E-state index is 11.3. The van der Waals surface area contributed by atoms with Crippen molar-refractivity contribution in [1.29, 1.82) is 0 Å². The molecule has 2 heterocycles. The van der Waals surface area contributed by atoms with Crippen molar-refractivity contribution in [2.75, 3.05) is 38.1 Å². The summed E-state index contributed by atoms with van der Waals surface area (Å²) in [5.41, 5.74) is 3.46. The van der Waals surface area contributed by atoms with Gasteiger partial charge in [0, 0.05) is 37.3 Å². The molecule has 0 spiro atoms.